The molecule has 0 aromatic heterocycles. The van der Waals surface area contributed by atoms with Gasteiger partial charge in [0.1, 0.15) is 6.42 Å². The Hall–Kier alpha value is -1.03. The van der Waals surface area contributed by atoms with Crippen molar-refractivity contribution in [1.29, 1.82) is 0 Å². The molecule has 0 saturated carbocycles. The van der Waals surface area contributed by atoms with Gasteiger partial charge in [-0.05, 0) is 6.08 Å². The van der Waals surface area contributed by atoms with E-state index in [9.17, 15) is 9.90 Å². The molecule has 1 heterocycles. The molecule has 4 nitrogen and oxygen atoms in total. The van der Waals surface area contributed by atoms with E-state index < -0.39 is 11.8 Å². The molecule has 1 aliphatic heterocycles. The molecule has 0 spiro atoms. The number of aliphatic hydroxyl groups is 1. The standard InChI is InChI=1S/C6H8O4/c7-5(8)4-6(9)2-1-3-10-6/h1,3,9H,2,4H2,(H,7,8). The lowest BCUT2D eigenvalue weighted by molar-refractivity contribution is -0.175. The van der Waals surface area contributed by atoms with Gasteiger partial charge in [0.05, 0.1) is 6.26 Å². The van der Waals surface area contributed by atoms with Crippen molar-refractivity contribution in [3.63, 3.8) is 0 Å². The fraction of sp³-hybridized carbons (Fsp3) is 0.500. The van der Waals surface area contributed by atoms with Crippen molar-refractivity contribution < 1.29 is 19.7 Å². The molecule has 1 rings (SSSR count). The molecule has 1 aliphatic rings. The maximum atomic E-state index is 10.1. The highest BCUT2D eigenvalue weighted by molar-refractivity contribution is 5.67. The summed E-state index contributed by atoms with van der Waals surface area (Å²) in [7, 11) is 0. The molecule has 10 heavy (non-hydrogen) atoms. The molecule has 0 radical (unpaired) electrons. The van der Waals surface area contributed by atoms with Gasteiger partial charge in [-0.3, -0.25) is 4.79 Å². The van der Waals surface area contributed by atoms with Gasteiger partial charge in [-0.2, -0.15) is 0 Å². The van der Waals surface area contributed by atoms with E-state index in [1.807, 2.05) is 0 Å². The van der Waals surface area contributed by atoms with Crippen LogP contribution in [0.5, 0.6) is 0 Å². The summed E-state index contributed by atoms with van der Waals surface area (Å²) < 4.78 is 4.65. The lowest BCUT2D eigenvalue weighted by Gasteiger charge is -2.18. The minimum absolute atomic E-state index is 0.249. The minimum atomic E-state index is -1.49. The zero-order chi connectivity index (χ0) is 7.61. The predicted octanol–water partition coefficient (Wildman–Crippen LogP) is 0.0837. The summed E-state index contributed by atoms with van der Waals surface area (Å²) in [6.07, 6.45) is 2.77. The van der Waals surface area contributed by atoms with E-state index in [-0.39, 0.29) is 12.8 Å². The number of ether oxygens (including phenoxy) is 1. The smallest absolute Gasteiger partial charge is 0.310 e. The third-order valence-corrected chi connectivity index (χ3v) is 1.25. The summed E-state index contributed by atoms with van der Waals surface area (Å²) in [5, 5.41) is 17.5. The Morgan fingerprint density at radius 3 is 2.90 bits per heavy atom. The van der Waals surface area contributed by atoms with Crippen LogP contribution >= 0.6 is 0 Å². The van der Waals surface area contributed by atoms with Gasteiger partial charge in [-0.25, -0.2) is 0 Å². The molecule has 0 bridgehead atoms. The molecule has 0 fully saturated rings. The topological polar surface area (TPSA) is 66.8 Å². The molecular weight excluding hydrogens is 136 g/mol. The van der Waals surface area contributed by atoms with Crippen molar-refractivity contribution >= 4 is 5.97 Å². The fourth-order valence-corrected chi connectivity index (χ4v) is 0.805. The summed E-state index contributed by atoms with van der Waals surface area (Å²) in [4.78, 5) is 10.1. The molecule has 4 heteroatoms. The SMILES string of the molecule is O=C(O)CC1(O)CC=CO1. The lowest BCUT2D eigenvalue weighted by atomic mass is 10.1. The summed E-state index contributed by atoms with van der Waals surface area (Å²) in [5.74, 6) is -2.56. The second-order valence-electron chi connectivity index (χ2n) is 2.21. The molecule has 1 atom stereocenters. The van der Waals surface area contributed by atoms with Gasteiger partial charge in [0.2, 0.25) is 5.79 Å². The highest BCUT2D eigenvalue weighted by atomic mass is 16.6. The van der Waals surface area contributed by atoms with E-state index in [0.29, 0.717) is 0 Å². The maximum absolute atomic E-state index is 10.1. The summed E-state index contributed by atoms with van der Waals surface area (Å²) in [6.45, 7) is 0. The number of hydrogen-bond acceptors (Lipinski definition) is 3. The van der Waals surface area contributed by atoms with E-state index in [4.69, 9.17) is 5.11 Å². The normalized spacial score (nSPS) is 30.1. The van der Waals surface area contributed by atoms with E-state index >= 15 is 0 Å². The van der Waals surface area contributed by atoms with Crippen molar-refractivity contribution in [2.24, 2.45) is 0 Å². The quantitative estimate of drug-likeness (QED) is 0.576. The zero-order valence-electron chi connectivity index (χ0n) is 5.28. The Kier molecular flexibility index (Phi) is 1.63. The fourth-order valence-electron chi connectivity index (χ4n) is 0.805. The van der Waals surface area contributed by atoms with Gasteiger partial charge in [0.15, 0.2) is 0 Å². The number of aliphatic carboxylic acids is 1. The van der Waals surface area contributed by atoms with Gasteiger partial charge in [-0.1, -0.05) is 0 Å². The van der Waals surface area contributed by atoms with Crippen molar-refractivity contribution in [1.82, 2.24) is 0 Å². The van der Waals surface area contributed by atoms with Crippen LogP contribution < -0.4 is 0 Å². The first-order valence-corrected chi connectivity index (χ1v) is 2.89. The molecule has 0 saturated heterocycles. The number of rotatable bonds is 2. The monoisotopic (exact) mass is 144 g/mol. The molecule has 0 aromatic carbocycles. The number of carboxylic acids is 1. The van der Waals surface area contributed by atoms with Crippen molar-refractivity contribution in [2.75, 3.05) is 0 Å². The average Bonchev–Trinajstić information content (AvgIpc) is 2.12. The summed E-state index contributed by atoms with van der Waals surface area (Å²) in [6, 6.07) is 0. The van der Waals surface area contributed by atoms with Crippen LogP contribution in [0.25, 0.3) is 0 Å². The second-order valence-corrected chi connectivity index (χ2v) is 2.21. The van der Waals surface area contributed by atoms with Crippen molar-refractivity contribution in [2.45, 2.75) is 18.6 Å². The summed E-state index contributed by atoms with van der Waals surface area (Å²) >= 11 is 0. The van der Waals surface area contributed by atoms with Gasteiger partial charge < -0.3 is 14.9 Å². The van der Waals surface area contributed by atoms with Gasteiger partial charge in [0, 0.05) is 6.42 Å². The highest BCUT2D eigenvalue weighted by Gasteiger charge is 2.32. The second kappa shape index (κ2) is 2.30. The molecule has 0 aliphatic carbocycles. The third-order valence-electron chi connectivity index (χ3n) is 1.25. The van der Waals surface area contributed by atoms with Crippen LogP contribution in [0.2, 0.25) is 0 Å². The maximum Gasteiger partial charge on any atom is 0.310 e. The highest BCUT2D eigenvalue weighted by Crippen LogP contribution is 2.23. The van der Waals surface area contributed by atoms with Gasteiger partial charge >= 0.3 is 5.97 Å². The lowest BCUT2D eigenvalue weighted by Crippen LogP contribution is -2.30. The zero-order valence-corrected chi connectivity index (χ0v) is 5.28. The average molecular weight is 144 g/mol. The van der Waals surface area contributed by atoms with Crippen LogP contribution in [0.4, 0.5) is 0 Å². The molecule has 0 aromatic rings. The predicted molar refractivity (Wildman–Crippen MR) is 32.0 cm³/mol. The molecule has 2 N–H and O–H groups in total. The first-order chi connectivity index (χ1) is 4.62. The van der Waals surface area contributed by atoms with Crippen LogP contribution in [-0.2, 0) is 9.53 Å². The minimum Gasteiger partial charge on any atom is -0.481 e. The number of hydrogen-bond donors (Lipinski definition) is 2. The van der Waals surface area contributed by atoms with E-state index in [1.54, 1.807) is 6.08 Å². The largest absolute Gasteiger partial charge is 0.481 e. The van der Waals surface area contributed by atoms with Gasteiger partial charge in [0.25, 0.3) is 0 Å². The Morgan fingerprint density at radius 2 is 2.50 bits per heavy atom. The van der Waals surface area contributed by atoms with E-state index in [0.717, 1.165) is 0 Å². The number of carboxylic acid groups (broad SMARTS) is 1. The van der Waals surface area contributed by atoms with Crippen LogP contribution in [0.1, 0.15) is 12.8 Å². The number of carbonyl (C=O) groups is 1. The van der Waals surface area contributed by atoms with Crippen LogP contribution in [0.3, 0.4) is 0 Å². The van der Waals surface area contributed by atoms with Gasteiger partial charge in [-0.15, -0.1) is 0 Å². The molecule has 1 unspecified atom stereocenters. The van der Waals surface area contributed by atoms with Crippen LogP contribution in [0.15, 0.2) is 12.3 Å². The third kappa shape index (κ3) is 1.48. The summed E-state index contributed by atoms with van der Waals surface area (Å²) in [5.41, 5.74) is 0. The Labute approximate surface area is 57.7 Å². The molecule has 0 amide bonds. The Bertz CT molecular complexity index is 165. The Morgan fingerprint density at radius 1 is 1.80 bits per heavy atom. The van der Waals surface area contributed by atoms with E-state index in [2.05, 4.69) is 4.74 Å². The van der Waals surface area contributed by atoms with Crippen LogP contribution in [-0.4, -0.2) is 22.0 Å². The molecule has 56 valence electrons. The van der Waals surface area contributed by atoms with Crippen molar-refractivity contribution in [3.05, 3.63) is 12.3 Å². The molecular formula is C6H8O4. The first-order valence-electron chi connectivity index (χ1n) is 2.89. The van der Waals surface area contributed by atoms with Crippen LogP contribution in [0, 0.1) is 0 Å². The Balaban J connectivity index is 2.46. The van der Waals surface area contributed by atoms with Crippen molar-refractivity contribution in [3.8, 4) is 0 Å². The first kappa shape index (κ1) is 7.08. The van der Waals surface area contributed by atoms with E-state index in [1.165, 1.54) is 6.26 Å².